The molecule has 0 radical (unpaired) electrons. The minimum atomic E-state index is -0.364. The SMILES string of the molecule is CC(C)(C)OC(=O)CNC1C2C3CCC(C3)C12. The maximum absolute atomic E-state index is 11.6. The van der Waals surface area contributed by atoms with Gasteiger partial charge in [-0.1, -0.05) is 0 Å². The van der Waals surface area contributed by atoms with Crippen molar-refractivity contribution < 1.29 is 9.53 Å². The average Bonchev–Trinajstić information content (AvgIpc) is 2.61. The Morgan fingerprint density at radius 3 is 2.35 bits per heavy atom. The molecular formula is C14H23NO2. The Hall–Kier alpha value is -0.570. The maximum Gasteiger partial charge on any atom is 0.320 e. The monoisotopic (exact) mass is 237 g/mol. The van der Waals surface area contributed by atoms with E-state index in [4.69, 9.17) is 4.74 Å². The number of fused-ring (bicyclic) bond motifs is 5. The van der Waals surface area contributed by atoms with E-state index >= 15 is 0 Å². The normalized spacial score (nSPS) is 42.4. The Bertz CT molecular complexity index is 318. The first-order chi connectivity index (χ1) is 7.96. The van der Waals surface area contributed by atoms with Gasteiger partial charge in [-0.05, 0) is 63.7 Å². The van der Waals surface area contributed by atoms with E-state index < -0.39 is 0 Å². The van der Waals surface area contributed by atoms with Crippen molar-refractivity contribution in [1.29, 1.82) is 0 Å². The quantitative estimate of drug-likeness (QED) is 0.763. The molecule has 0 amide bonds. The number of hydrogen-bond donors (Lipinski definition) is 1. The van der Waals surface area contributed by atoms with Crippen molar-refractivity contribution in [2.75, 3.05) is 6.54 Å². The molecule has 0 aromatic carbocycles. The molecule has 0 aromatic rings. The minimum Gasteiger partial charge on any atom is -0.459 e. The Labute approximate surface area is 103 Å². The molecule has 3 heteroatoms. The first kappa shape index (κ1) is 11.5. The van der Waals surface area contributed by atoms with E-state index in [-0.39, 0.29) is 11.6 Å². The third-order valence-electron chi connectivity index (χ3n) is 4.64. The van der Waals surface area contributed by atoms with Crippen molar-refractivity contribution in [2.45, 2.75) is 51.7 Å². The van der Waals surface area contributed by atoms with Crippen LogP contribution < -0.4 is 5.32 Å². The number of hydrogen-bond acceptors (Lipinski definition) is 3. The Morgan fingerprint density at radius 2 is 1.82 bits per heavy atom. The van der Waals surface area contributed by atoms with Gasteiger partial charge < -0.3 is 10.1 Å². The summed E-state index contributed by atoms with van der Waals surface area (Å²) >= 11 is 0. The van der Waals surface area contributed by atoms with Crippen molar-refractivity contribution in [3.63, 3.8) is 0 Å². The molecule has 96 valence electrons. The van der Waals surface area contributed by atoms with Crippen LogP contribution in [0.3, 0.4) is 0 Å². The van der Waals surface area contributed by atoms with Crippen LogP contribution in [0.4, 0.5) is 0 Å². The zero-order valence-corrected chi connectivity index (χ0v) is 11.0. The largest absolute Gasteiger partial charge is 0.459 e. The summed E-state index contributed by atoms with van der Waals surface area (Å²) in [5.41, 5.74) is -0.364. The third kappa shape index (κ3) is 2.10. The fraction of sp³-hybridized carbons (Fsp3) is 0.929. The number of carbonyl (C=O) groups excluding carboxylic acids is 1. The lowest BCUT2D eigenvalue weighted by atomic mass is 10.0. The smallest absolute Gasteiger partial charge is 0.320 e. The molecule has 3 nitrogen and oxygen atoms in total. The summed E-state index contributed by atoms with van der Waals surface area (Å²) in [6, 6.07) is 0.619. The van der Waals surface area contributed by atoms with Crippen LogP contribution in [0.15, 0.2) is 0 Å². The summed E-state index contributed by atoms with van der Waals surface area (Å²) in [6.07, 6.45) is 4.31. The van der Waals surface area contributed by atoms with Gasteiger partial charge in [0.1, 0.15) is 5.60 Å². The fourth-order valence-corrected chi connectivity index (χ4v) is 4.18. The van der Waals surface area contributed by atoms with E-state index in [0.717, 1.165) is 23.7 Å². The second-order valence-electron chi connectivity index (χ2n) is 6.98. The van der Waals surface area contributed by atoms with Gasteiger partial charge in [-0.25, -0.2) is 0 Å². The van der Waals surface area contributed by atoms with E-state index in [1.54, 1.807) is 0 Å². The van der Waals surface area contributed by atoms with Gasteiger partial charge in [0.2, 0.25) is 0 Å². The van der Waals surface area contributed by atoms with Crippen LogP contribution >= 0.6 is 0 Å². The molecule has 0 aliphatic heterocycles. The number of rotatable bonds is 3. The number of ether oxygens (including phenoxy) is 1. The minimum absolute atomic E-state index is 0.116. The molecule has 4 unspecified atom stereocenters. The molecule has 4 atom stereocenters. The lowest BCUT2D eigenvalue weighted by Gasteiger charge is -2.20. The highest BCUT2D eigenvalue weighted by Gasteiger charge is 2.64. The van der Waals surface area contributed by atoms with Gasteiger partial charge in [-0.2, -0.15) is 0 Å². The van der Waals surface area contributed by atoms with Crippen LogP contribution in [-0.4, -0.2) is 24.2 Å². The molecule has 3 fully saturated rings. The summed E-state index contributed by atoms with van der Waals surface area (Å²) in [5.74, 6) is 3.57. The maximum atomic E-state index is 11.6. The van der Waals surface area contributed by atoms with Crippen molar-refractivity contribution in [2.24, 2.45) is 23.7 Å². The average molecular weight is 237 g/mol. The Kier molecular flexibility index (Phi) is 2.51. The molecule has 2 bridgehead atoms. The lowest BCUT2D eigenvalue weighted by molar-refractivity contribution is -0.153. The van der Waals surface area contributed by atoms with E-state index in [1.165, 1.54) is 19.3 Å². The molecular weight excluding hydrogens is 214 g/mol. The molecule has 0 saturated heterocycles. The topological polar surface area (TPSA) is 38.3 Å². The highest BCUT2D eigenvalue weighted by Crippen LogP contribution is 2.65. The van der Waals surface area contributed by atoms with Gasteiger partial charge in [0.25, 0.3) is 0 Å². The Morgan fingerprint density at radius 1 is 1.24 bits per heavy atom. The van der Waals surface area contributed by atoms with Crippen molar-refractivity contribution in [3.8, 4) is 0 Å². The van der Waals surface area contributed by atoms with Crippen LogP contribution in [-0.2, 0) is 9.53 Å². The molecule has 3 saturated carbocycles. The van der Waals surface area contributed by atoms with Crippen molar-refractivity contribution in [1.82, 2.24) is 5.32 Å². The molecule has 17 heavy (non-hydrogen) atoms. The first-order valence-corrected chi connectivity index (χ1v) is 6.91. The second kappa shape index (κ2) is 3.71. The van der Waals surface area contributed by atoms with Crippen molar-refractivity contribution in [3.05, 3.63) is 0 Å². The van der Waals surface area contributed by atoms with Gasteiger partial charge in [-0.15, -0.1) is 0 Å². The molecule has 0 spiro atoms. The highest BCUT2D eigenvalue weighted by molar-refractivity contribution is 5.72. The number of nitrogens with one attached hydrogen (secondary N) is 1. The van der Waals surface area contributed by atoms with E-state index in [2.05, 4.69) is 5.32 Å². The summed E-state index contributed by atoms with van der Waals surface area (Å²) in [7, 11) is 0. The molecule has 3 aliphatic carbocycles. The molecule has 1 N–H and O–H groups in total. The predicted molar refractivity (Wildman–Crippen MR) is 65.4 cm³/mol. The van der Waals surface area contributed by atoms with Gasteiger partial charge in [0, 0.05) is 6.04 Å². The van der Waals surface area contributed by atoms with Gasteiger partial charge in [0.15, 0.2) is 0 Å². The van der Waals surface area contributed by atoms with Gasteiger partial charge in [0.05, 0.1) is 6.54 Å². The zero-order chi connectivity index (χ0) is 12.2. The number of carbonyl (C=O) groups is 1. The van der Waals surface area contributed by atoms with Crippen LogP contribution in [0.1, 0.15) is 40.0 Å². The fourth-order valence-electron chi connectivity index (χ4n) is 4.18. The summed E-state index contributed by atoms with van der Waals surface area (Å²) in [5, 5.41) is 3.41. The summed E-state index contributed by atoms with van der Waals surface area (Å²) in [4.78, 5) is 11.6. The van der Waals surface area contributed by atoms with E-state index in [1.807, 2.05) is 20.8 Å². The molecule has 0 heterocycles. The third-order valence-corrected chi connectivity index (χ3v) is 4.64. The second-order valence-corrected chi connectivity index (χ2v) is 6.98. The first-order valence-electron chi connectivity index (χ1n) is 6.91. The molecule has 3 rings (SSSR count). The van der Waals surface area contributed by atoms with Crippen LogP contribution in [0.25, 0.3) is 0 Å². The zero-order valence-electron chi connectivity index (χ0n) is 11.0. The standard InChI is InChI=1S/C14H23NO2/c1-14(2,3)17-10(16)7-15-13-11-8-4-5-9(6-8)12(11)13/h8-9,11-13,15H,4-7H2,1-3H3. The Balaban J connectivity index is 1.44. The highest BCUT2D eigenvalue weighted by atomic mass is 16.6. The molecule has 3 aliphatic rings. The lowest BCUT2D eigenvalue weighted by Crippen LogP contribution is -2.34. The van der Waals surface area contributed by atoms with Crippen LogP contribution in [0.2, 0.25) is 0 Å². The van der Waals surface area contributed by atoms with Crippen molar-refractivity contribution >= 4 is 5.97 Å². The van der Waals surface area contributed by atoms with Crippen LogP contribution in [0, 0.1) is 23.7 Å². The predicted octanol–water partition coefficient (Wildman–Crippen LogP) is 1.96. The summed E-state index contributed by atoms with van der Waals surface area (Å²) in [6.45, 7) is 6.12. The molecule has 0 aromatic heterocycles. The van der Waals surface area contributed by atoms with Gasteiger partial charge >= 0.3 is 5.97 Å². The van der Waals surface area contributed by atoms with Gasteiger partial charge in [-0.3, -0.25) is 4.79 Å². The van der Waals surface area contributed by atoms with E-state index in [0.29, 0.717) is 12.6 Å². The van der Waals surface area contributed by atoms with E-state index in [9.17, 15) is 4.79 Å². The summed E-state index contributed by atoms with van der Waals surface area (Å²) < 4.78 is 5.31. The number of esters is 1. The van der Waals surface area contributed by atoms with Crippen LogP contribution in [0.5, 0.6) is 0 Å².